The number of hydrogen-bond acceptors (Lipinski definition) is 5. The summed E-state index contributed by atoms with van der Waals surface area (Å²) in [5.41, 5.74) is 2.54. The zero-order valence-corrected chi connectivity index (χ0v) is 20.0. The molecule has 0 aromatic heterocycles. The van der Waals surface area contributed by atoms with Crippen molar-refractivity contribution in [3.63, 3.8) is 0 Å². The normalized spacial score (nSPS) is 14.6. The molecule has 1 atom stereocenters. The van der Waals surface area contributed by atoms with Crippen molar-refractivity contribution in [2.75, 3.05) is 26.4 Å². The van der Waals surface area contributed by atoms with Crippen molar-refractivity contribution in [2.45, 2.75) is 41.0 Å². The van der Waals surface area contributed by atoms with Crippen molar-refractivity contribution in [1.29, 1.82) is 0 Å². The van der Waals surface area contributed by atoms with Crippen LogP contribution in [0.3, 0.4) is 0 Å². The van der Waals surface area contributed by atoms with Crippen LogP contribution >= 0.6 is 0 Å². The Balaban J connectivity index is 1.73. The van der Waals surface area contributed by atoms with Crippen LogP contribution in [0.25, 0.3) is 6.08 Å². The molecule has 1 aliphatic rings. The van der Waals surface area contributed by atoms with E-state index in [0.29, 0.717) is 55.6 Å². The summed E-state index contributed by atoms with van der Waals surface area (Å²) in [4.78, 5) is 29.7. The molecule has 0 bridgehead atoms. The average Bonchev–Trinajstić information content (AvgIpc) is 2.79. The van der Waals surface area contributed by atoms with E-state index in [0.717, 1.165) is 21.7 Å². The molecule has 2 aromatic rings. The van der Waals surface area contributed by atoms with Gasteiger partial charge in [-0.05, 0) is 69.5 Å². The van der Waals surface area contributed by atoms with E-state index in [1.807, 2.05) is 52.8 Å². The van der Waals surface area contributed by atoms with E-state index >= 15 is 0 Å². The molecule has 7 heteroatoms. The summed E-state index contributed by atoms with van der Waals surface area (Å²) < 4.78 is 17.1. The van der Waals surface area contributed by atoms with E-state index in [2.05, 4.69) is 10.3 Å². The molecule has 0 saturated heterocycles. The lowest BCUT2D eigenvalue weighted by Gasteiger charge is -2.17. The minimum absolute atomic E-state index is 0.177. The summed E-state index contributed by atoms with van der Waals surface area (Å²) in [7, 11) is 0. The molecule has 0 saturated carbocycles. The Bertz CT molecular complexity index is 1130. The smallest absolute Gasteiger partial charge is 0.253 e. The molecular weight excluding hydrogens is 420 g/mol. The van der Waals surface area contributed by atoms with Crippen molar-refractivity contribution in [1.82, 2.24) is 5.32 Å². The Morgan fingerprint density at radius 3 is 2.24 bits per heavy atom. The number of aryl methyl sites for hydroxylation is 1. The number of nitrogens with zero attached hydrogens (tertiary/aromatic N) is 1. The van der Waals surface area contributed by atoms with Gasteiger partial charge in [-0.3, -0.25) is 9.59 Å². The first-order valence-electron chi connectivity index (χ1n) is 11.4. The number of carbonyl (C=O) groups is 2. The highest BCUT2D eigenvalue weighted by Gasteiger charge is 2.21. The number of fused-ring (bicyclic) bond motifs is 1. The fourth-order valence-corrected chi connectivity index (χ4v) is 3.76. The minimum atomic E-state index is -0.363. The molecule has 3 rings (SSSR count). The summed E-state index contributed by atoms with van der Waals surface area (Å²) in [5.74, 6) is 0.611. The maximum atomic E-state index is 12.8. The van der Waals surface area contributed by atoms with Crippen LogP contribution in [0.5, 0.6) is 17.2 Å². The first-order valence-corrected chi connectivity index (χ1v) is 11.4. The predicted molar refractivity (Wildman–Crippen MR) is 127 cm³/mol. The van der Waals surface area contributed by atoms with Gasteiger partial charge in [0.2, 0.25) is 5.75 Å². The second-order valence-corrected chi connectivity index (χ2v) is 7.81. The molecule has 0 spiro atoms. The Hall–Kier alpha value is -3.35. The monoisotopic (exact) mass is 452 g/mol. The number of amides is 2. The van der Waals surface area contributed by atoms with E-state index in [4.69, 9.17) is 14.2 Å². The van der Waals surface area contributed by atoms with Gasteiger partial charge in [-0.2, -0.15) is 0 Å². The predicted octanol–water partition coefficient (Wildman–Crippen LogP) is 2.88. The quantitative estimate of drug-likeness (QED) is 0.599. The molecule has 1 heterocycles. The Labute approximate surface area is 194 Å². The third kappa shape index (κ3) is 5.53. The highest BCUT2D eigenvalue weighted by Crippen LogP contribution is 2.39. The third-order valence-electron chi connectivity index (χ3n) is 5.57. The van der Waals surface area contributed by atoms with Crippen molar-refractivity contribution in [3.8, 4) is 17.2 Å². The molecular formula is C26H32N2O5. The lowest BCUT2D eigenvalue weighted by atomic mass is 9.98. The van der Waals surface area contributed by atoms with Crippen molar-refractivity contribution in [3.05, 3.63) is 51.5 Å². The Morgan fingerprint density at radius 1 is 1.00 bits per heavy atom. The van der Waals surface area contributed by atoms with Gasteiger partial charge in [0.15, 0.2) is 11.5 Å². The molecule has 2 aromatic carbocycles. The molecule has 176 valence electrons. The second-order valence-electron chi connectivity index (χ2n) is 7.81. The van der Waals surface area contributed by atoms with Crippen LogP contribution in [0, 0.1) is 19.8 Å². The Morgan fingerprint density at radius 2 is 1.64 bits per heavy atom. The van der Waals surface area contributed by atoms with E-state index in [1.54, 1.807) is 12.1 Å². The molecule has 1 unspecified atom stereocenters. The van der Waals surface area contributed by atoms with Crippen molar-refractivity contribution < 1.29 is 23.8 Å². The van der Waals surface area contributed by atoms with E-state index in [1.165, 1.54) is 0 Å². The zero-order chi connectivity index (χ0) is 24.0. The largest absolute Gasteiger partial charge is 0.490 e. The van der Waals surface area contributed by atoms with Crippen LogP contribution in [0.15, 0.2) is 29.3 Å². The maximum Gasteiger partial charge on any atom is 0.253 e. The first kappa shape index (κ1) is 24.3. The minimum Gasteiger partial charge on any atom is -0.490 e. The van der Waals surface area contributed by atoms with Gasteiger partial charge in [-0.25, -0.2) is 4.99 Å². The summed E-state index contributed by atoms with van der Waals surface area (Å²) in [5, 5.41) is 4.61. The van der Waals surface area contributed by atoms with Crippen LogP contribution in [-0.4, -0.2) is 38.2 Å². The Kier molecular flexibility index (Phi) is 8.09. The summed E-state index contributed by atoms with van der Waals surface area (Å²) in [6, 6.07) is 7.33. The molecule has 1 N–H and O–H groups in total. The van der Waals surface area contributed by atoms with Crippen molar-refractivity contribution in [2.24, 2.45) is 10.9 Å². The first-order chi connectivity index (χ1) is 15.9. The summed E-state index contributed by atoms with van der Waals surface area (Å²) >= 11 is 0. The van der Waals surface area contributed by atoms with Gasteiger partial charge in [-0.15, -0.1) is 0 Å². The van der Waals surface area contributed by atoms with Gasteiger partial charge in [0.1, 0.15) is 0 Å². The second kappa shape index (κ2) is 11.0. The number of hydrogen-bond donors (Lipinski definition) is 1. The van der Waals surface area contributed by atoms with Crippen molar-refractivity contribution >= 4 is 17.9 Å². The number of benzene rings is 2. The van der Waals surface area contributed by atoms with Gasteiger partial charge >= 0.3 is 0 Å². The number of carbonyl (C=O) groups excluding carboxylic acids is 2. The van der Waals surface area contributed by atoms with Crippen LogP contribution in [0.2, 0.25) is 0 Å². The molecule has 7 nitrogen and oxygen atoms in total. The van der Waals surface area contributed by atoms with Crippen LogP contribution in [-0.2, 0) is 4.79 Å². The topological polar surface area (TPSA) is 86.2 Å². The lowest BCUT2D eigenvalue weighted by Crippen LogP contribution is -2.37. The van der Waals surface area contributed by atoms with E-state index in [9.17, 15) is 9.59 Å². The summed E-state index contributed by atoms with van der Waals surface area (Å²) in [6.07, 6.45) is 2.41. The molecule has 2 amide bonds. The summed E-state index contributed by atoms with van der Waals surface area (Å²) in [6.45, 7) is 11.2. The van der Waals surface area contributed by atoms with Crippen LogP contribution in [0.4, 0.5) is 0 Å². The van der Waals surface area contributed by atoms with Gasteiger partial charge in [0, 0.05) is 12.1 Å². The fourth-order valence-electron chi connectivity index (χ4n) is 3.76. The van der Waals surface area contributed by atoms with Gasteiger partial charge in [0.05, 0.1) is 31.1 Å². The fraction of sp³-hybridized carbons (Fsp3) is 0.423. The zero-order valence-electron chi connectivity index (χ0n) is 20.0. The average molecular weight is 453 g/mol. The number of nitrogens with one attached hydrogen (secondary N) is 1. The van der Waals surface area contributed by atoms with E-state index < -0.39 is 0 Å². The van der Waals surface area contributed by atoms with Crippen LogP contribution in [0.1, 0.15) is 48.7 Å². The highest BCUT2D eigenvalue weighted by molar-refractivity contribution is 5.95. The van der Waals surface area contributed by atoms with Crippen LogP contribution < -0.4 is 30.1 Å². The van der Waals surface area contributed by atoms with Gasteiger partial charge < -0.3 is 19.5 Å². The molecule has 0 aliphatic carbocycles. The van der Waals surface area contributed by atoms with E-state index in [-0.39, 0.29) is 17.7 Å². The number of rotatable bonds is 10. The lowest BCUT2D eigenvalue weighted by molar-refractivity contribution is -0.120. The molecule has 1 aliphatic heterocycles. The molecule has 0 radical (unpaired) electrons. The SMILES string of the molecule is CCOc1cc(C(=O)NCCC2C=c3ccc(C)c(C)c3=NC2=O)cc(OCC)c1OCC. The number of ether oxygens (including phenoxy) is 3. The van der Waals surface area contributed by atoms with Gasteiger partial charge in [0.25, 0.3) is 11.8 Å². The highest BCUT2D eigenvalue weighted by atomic mass is 16.5. The standard InChI is InChI=1S/C26H32N2O5/c1-6-31-21-14-20(15-22(32-7-2)24(21)33-8-3)25(29)27-12-11-19-13-18-10-9-16(4)17(5)23(18)28-26(19)30/h9-10,13-15,19H,6-8,11-12H2,1-5H3,(H,27,29). The third-order valence-corrected chi connectivity index (χ3v) is 5.57. The van der Waals surface area contributed by atoms with Gasteiger partial charge in [-0.1, -0.05) is 18.2 Å². The molecule has 33 heavy (non-hydrogen) atoms. The molecule has 0 fully saturated rings. The maximum absolute atomic E-state index is 12.8.